The minimum absolute atomic E-state index is 0.0798. The van der Waals surface area contributed by atoms with E-state index in [0.29, 0.717) is 20.9 Å². The third kappa shape index (κ3) is 5.36. The number of hydrogen-bond acceptors (Lipinski definition) is 2. The SMILES string of the molecule is Cc1cc(F)c(-c2cc(SCC(F)F)c(C)cc2F)cc1SCC(F)F. The number of thioether (sulfide) groups is 2. The first-order chi connectivity index (χ1) is 12.2. The van der Waals surface area contributed by atoms with Crippen LogP contribution in [0.3, 0.4) is 0 Å². The lowest BCUT2D eigenvalue weighted by atomic mass is 10.0. The molecule has 8 heteroatoms. The van der Waals surface area contributed by atoms with E-state index in [1.54, 1.807) is 13.8 Å². The first-order valence-corrected chi connectivity index (χ1v) is 9.58. The summed E-state index contributed by atoms with van der Waals surface area (Å²) in [5.74, 6) is -2.32. The van der Waals surface area contributed by atoms with Crippen LogP contribution in [-0.2, 0) is 0 Å². The molecule has 0 aliphatic rings. The molecule has 142 valence electrons. The predicted molar refractivity (Wildman–Crippen MR) is 94.7 cm³/mol. The molecule has 0 radical (unpaired) electrons. The fraction of sp³-hybridized carbons (Fsp3) is 0.333. The van der Waals surface area contributed by atoms with Crippen molar-refractivity contribution in [2.75, 3.05) is 11.5 Å². The van der Waals surface area contributed by atoms with Crippen LogP contribution in [0.2, 0.25) is 0 Å². The zero-order valence-electron chi connectivity index (χ0n) is 14.0. The van der Waals surface area contributed by atoms with Gasteiger partial charge in [-0.3, -0.25) is 0 Å². The van der Waals surface area contributed by atoms with E-state index in [1.165, 1.54) is 12.1 Å². The van der Waals surface area contributed by atoms with Crippen molar-refractivity contribution in [3.8, 4) is 11.1 Å². The molecule has 0 nitrogen and oxygen atoms in total. The average molecular weight is 410 g/mol. The molecule has 0 saturated carbocycles. The Balaban J connectivity index is 2.46. The van der Waals surface area contributed by atoms with Gasteiger partial charge in [-0.1, -0.05) is 0 Å². The van der Waals surface area contributed by atoms with Gasteiger partial charge < -0.3 is 0 Å². The second-order valence-electron chi connectivity index (χ2n) is 5.60. The second kappa shape index (κ2) is 9.08. The van der Waals surface area contributed by atoms with Crippen molar-refractivity contribution in [3.63, 3.8) is 0 Å². The summed E-state index contributed by atoms with van der Waals surface area (Å²) in [6, 6.07) is 4.98. The summed E-state index contributed by atoms with van der Waals surface area (Å²) in [5.41, 5.74) is 0.779. The largest absolute Gasteiger partial charge is 0.247 e. The number of rotatable bonds is 7. The molecule has 0 saturated heterocycles. The van der Waals surface area contributed by atoms with Gasteiger partial charge in [0, 0.05) is 20.9 Å². The predicted octanol–water partition coefficient (Wildman–Crippen LogP) is 6.96. The van der Waals surface area contributed by atoms with Crippen LogP contribution in [0, 0.1) is 25.5 Å². The Morgan fingerprint density at radius 3 is 1.35 bits per heavy atom. The van der Waals surface area contributed by atoms with Crippen LogP contribution >= 0.6 is 23.5 Å². The normalized spacial score (nSPS) is 11.6. The molecule has 0 bridgehead atoms. The van der Waals surface area contributed by atoms with Crippen LogP contribution in [0.15, 0.2) is 34.1 Å². The highest BCUT2D eigenvalue weighted by Gasteiger charge is 2.17. The molecule has 0 spiro atoms. The highest BCUT2D eigenvalue weighted by Crippen LogP contribution is 2.36. The molecule has 0 amide bonds. The van der Waals surface area contributed by atoms with E-state index in [-0.39, 0.29) is 11.1 Å². The molecule has 2 aromatic rings. The van der Waals surface area contributed by atoms with Gasteiger partial charge in [0.05, 0.1) is 11.5 Å². The number of halogens is 6. The van der Waals surface area contributed by atoms with Gasteiger partial charge in [-0.25, -0.2) is 26.3 Å². The van der Waals surface area contributed by atoms with Crippen LogP contribution in [0.1, 0.15) is 11.1 Å². The Hall–Kier alpha value is -1.28. The van der Waals surface area contributed by atoms with Crippen LogP contribution in [0.4, 0.5) is 26.3 Å². The lowest BCUT2D eigenvalue weighted by molar-refractivity contribution is 0.176. The zero-order valence-corrected chi connectivity index (χ0v) is 15.6. The van der Waals surface area contributed by atoms with E-state index in [2.05, 4.69) is 0 Å². The van der Waals surface area contributed by atoms with Gasteiger partial charge in [-0.05, 0) is 49.2 Å². The van der Waals surface area contributed by atoms with Crippen molar-refractivity contribution in [1.82, 2.24) is 0 Å². The van der Waals surface area contributed by atoms with Crippen molar-refractivity contribution in [1.29, 1.82) is 0 Å². The molecule has 26 heavy (non-hydrogen) atoms. The van der Waals surface area contributed by atoms with Gasteiger partial charge in [0.2, 0.25) is 12.9 Å². The molecule has 2 aromatic carbocycles. The first kappa shape index (κ1) is 21.0. The molecule has 0 aliphatic carbocycles. The molecule has 0 aromatic heterocycles. The third-order valence-corrected chi connectivity index (χ3v) is 5.89. The molecule has 0 aliphatic heterocycles. The standard InChI is InChI=1S/C18H16F6S2/c1-9-3-13(19)11(5-15(9)25-7-17(21)22)12-6-16(26-8-18(23)24)10(2)4-14(12)20/h3-6,17-18H,7-8H2,1-2H3. The number of hydrogen-bond donors (Lipinski definition) is 0. The summed E-state index contributed by atoms with van der Waals surface area (Å²) < 4.78 is 78.6. The molecular weight excluding hydrogens is 394 g/mol. The Morgan fingerprint density at radius 1 is 0.692 bits per heavy atom. The van der Waals surface area contributed by atoms with Crippen molar-refractivity contribution in [2.24, 2.45) is 0 Å². The van der Waals surface area contributed by atoms with Gasteiger partial charge in [0.15, 0.2) is 0 Å². The Labute approximate surface area is 156 Å². The van der Waals surface area contributed by atoms with Crippen LogP contribution < -0.4 is 0 Å². The Kier molecular flexibility index (Phi) is 7.34. The molecule has 0 N–H and O–H groups in total. The van der Waals surface area contributed by atoms with Gasteiger partial charge >= 0.3 is 0 Å². The van der Waals surface area contributed by atoms with Crippen LogP contribution in [0.25, 0.3) is 11.1 Å². The molecule has 0 heterocycles. The maximum atomic E-state index is 14.4. The van der Waals surface area contributed by atoms with Gasteiger partial charge in [0.25, 0.3) is 0 Å². The smallest absolute Gasteiger partial charge is 0.210 e. The van der Waals surface area contributed by atoms with E-state index in [4.69, 9.17) is 0 Å². The fourth-order valence-electron chi connectivity index (χ4n) is 2.34. The van der Waals surface area contributed by atoms with Gasteiger partial charge in [-0.15, -0.1) is 23.5 Å². The minimum atomic E-state index is -2.53. The number of benzene rings is 2. The lowest BCUT2D eigenvalue weighted by Gasteiger charge is -2.14. The lowest BCUT2D eigenvalue weighted by Crippen LogP contribution is -1.98. The highest BCUT2D eigenvalue weighted by atomic mass is 32.2. The summed E-state index contributed by atoms with van der Waals surface area (Å²) in [5, 5.41) is 0. The van der Waals surface area contributed by atoms with E-state index >= 15 is 0 Å². The minimum Gasteiger partial charge on any atom is -0.210 e. The molecule has 2 rings (SSSR count). The number of aryl methyl sites for hydroxylation is 2. The van der Waals surface area contributed by atoms with Crippen LogP contribution in [0.5, 0.6) is 0 Å². The van der Waals surface area contributed by atoms with Crippen molar-refractivity contribution in [3.05, 3.63) is 47.0 Å². The second-order valence-corrected chi connectivity index (χ2v) is 7.72. The Morgan fingerprint density at radius 2 is 1.04 bits per heavy atom. The topological polar surface area (TPSA) is 0 Å². The molecule has 0 fully saturated rings. The summed E-state index contributed by atoms with van der Waals surface area (Å²) in [6.07, 6.45) is -5.05. The van der Waals surface area contributed by atoms with Gasteiger partial charge in [0.1, 0.15) is 11.6 Å². The van der Waals surface area contributed by atoms with E-state index in [9.17, 15) is 26.3 Å². The van der Waals surface area contributed by atoms with Crippen molar-refractivity contribution < 1.29 is 26.3 Å². The fourth-order valence-corrected chi connectivity index (χ4v) is 3.92. The molecular formula is C18H16F6S2. The first-order valence-electron chi connectivity index (χ1n) is 7.61. The maximum absolute atomic E-state index is 14.4. The van der Waals surface area contributed by atoms with Crippen molar-refractivity contribution in [2.45, 2.75) is 36.5 Å². The third-order valence-electron chi connectivity index (χ3n) is 3.55. The monoisotopic (exact) mass is 410 g/mol. The summed E-state index contributed by atoms with van der Waals surface area (Å²) in [7, 11) is 0. The molecule has 0 unspecified atom stereocenters. The summed E-state index contributed by atoms with van der Waals surface area (Å²) in [4.78, 5) is 0.840. The van der Waals surface area contributed by atoms with Gasteiger partial charge in [-0.2, -0.15) is 0 Å². The highest BCUT2D eigenvalue weighted by molar-refractivity contribution is 7.99. The van der Waals surface area contributed by atoms with Crippen LogP contribution in [-0.4, -0.2) is 24.4 Å². The average Bonchev–Trinajstić information content (AvgIpc) is 2.53. The maximum Gasteiger partial charge on any atom is 0.247 e. The summed E-state index contributed by atoms with van der Waals surface area (Å²) >= 11 is 1.71. The van der Waals surface area contributed by atoms with E-state index in [0.717, 1.165) is 35.7 Å². The van der Waals surface area contributed by atoms with Crippen molar-refractivity contribution >= 4 is 23.5 Å². The zero-order chi connectivity index (χ0) is 19.4. The Bertz CT molecular complexity index is 711. The quantitative estimate of drug-likeness (QED) is 0.357. The molecule has 0 atom stereocenters. The van der Waals surface area contributed by atoms with E-state index in [1.807, 2.05) is 0 Å². The summed E-state index contributed by atoms with van der Waals surface area (Å²) in [6.45, 7) is 3.16. The van der Waals surface area contributed by atoms with E-state index < -0.39 is 36.0 Å². The number of alkyl halides is 4.